The number of aromatic nitrogens is 1. The monoisotopic (exact) mass is 412 g/mol. The molecule has 146 valence electrons. The molecule has 0 aliphatic carbocycles. The Morgan fingerprint density at radius 3 is 2.43 bits per heavy atom. The number of thiazole rings is 1. The van der Waals surface area contributed by atoms with Crippen LogP contribution in [0.4, 0.5) is 0 Å². The van der Waals surface area contributed by atoms with E-state index >= 15 is 0 Å². The van der Waals surface area contributed by atoms with Crippen molar-refractivity contribution < 1.29 is 9.53 Å². The van der Waals surface area contributed by atoms with Crippen molar-refractivity contribution in [1.82, 2.24) is 9.88 Å². The fourth-order valence-electron chi connectivity index (χ4n) is 2.74. The summed E-state index contributed by atoms with van der Waals surface area (Å²) >= 11 is 3.11. The molecule has 6 heteroatoms. The highest BCUT2D eigenvalue weighted by Crippen LogP contribution is 2.23. The zero-order valence-corrected chi connectivity index (χ0v) is 18.2. The first kappa shape index (κ1) is 20.4. The van der Waals surface area contributed by atoms with Gasteiger partial charge in [-0.05, 0) is 49.9 Å². The summed E-state index contributed by atoms with van der Waals surface area (Å²) in [5.41, 5.74) is 3.05. The molecule has 0 N–H and O–H groups in total. The Balaban J connectivity index is 1.63. The number of amides is 1. The van der Waals surface area contributed by atoms with Crippen LogP contribution in [0.2, 0.25) is 0 Å². The average molecular weight is 413 g/mol. The van der Waals surface area contributed by atoms with Crippen LogP contribution in [0.5, 0.6) is 5.75 Å². The Labute approximate surface area is 174 Å². The molecular formula is C22H24N2O2S2. The highest BCUT2D eigenvalue weighted by molar-refractivity contribution is 7.98. The van der Waals surface area contributed by atoms with Gasteiger partial charge in [0, 0.05) is 18.5 Å². The van der Waals surface area contributed by atoms with Crippen LogP contribution in [-0.2, 0) is 13.2 Å². The predicted octanol–water partition coefficient (Wildman–Crippen LogP) is 5.33. The molecule has 3 aromatic rings. The van der Waals surface area contributed by atoms with Gasteiger partial charge in [0.25, 0.3) is 5.91 Å². The highest BCUT2D eigenvalue weighted by atomic mass is 32.2. The number of aryl methyl sites for hydroxylation is 2. The molecule has 0 aliphatic rings. The molecule has 0 aliphatic heterocycles. The third-order valence-electron chi connectivity index (χ3n) is 4.34. The summed E-state index contributed by atoms with van der Waals surface area (Å²) in [5, 5.41) is 0.805. The molecule has 3 rings (SSSR count). The second-order valence-electron chi connectivity index (χ2n) is 6.63. The predicted molar refractivity (Wildman–Crippen MR) is 116 cm³/mol. The largest absolute Gasteiger partial charge is 0.486 e. The van der Waals surface area contributed by atoms with Crippen LogP contribution in [0.3, 0.4) is 0 Å². The van der Waals surface area contributed by atoms with E-state index in [1.807, 2.05) is 45.2 Å². The summed E-state index contributed by atoms with van der Waals surface area (Å²) in [6.45, 7) is 4.85. The van der Waals surface area contributed by atoms with Crippen LogP contribution < -0.4 is 4.74 Å². The van der Waals surface area contributed by atoms with E-state index in [2.05, 4.69) is 35.5 Å². The van der Waals surface area contributed by atoms with E-state index < -0.39 is 0 Å². The number of hydrogen-bond acceptors (Lipinski definition) is 5. The van der Waals surface area contributed by atoms with Gasteiger partial charge < -0.3 is 9.64 Å². The normalized spacial score (nSPS) is 10.7. The maximum Gasteiger partial charge on any atom is 0.265 e. The number of benzene rings is 2. The molecule has 0 saturated heterocycles. The van der Waals surface area contributed by atoms with E-state index in [0.717, 1.165) is 22.0 Å². The number of carbonyl (C=O) groups is 1. The van der Waals surface area contributed by atoms with Gasteiger partial charge in [0.05, 0.1) is 5.69 Å². The molecule has 0 atom stereocenters. The highest BCUT2D eigenvalue weighted by Gasteiger charge is 2.19. The first-order chi connectivity index (χ1) is 13.5. The smallest absolute Gasteiger partial charge is 0.265 e. The van der Waals surface area contributed by atoms with Gasteiger partial charge in [0.1, 0.15) is 22.2 Å². The fourth-order valence-corrected chi connectivity index (χ4v) is 4.12. The average Bonchev–Trinajstić information content (AvgIpc) is 3.08. The van der Waals surface area contributed by atoms with Crippen molar-refractivity contribution in [2.75, 3.05) is 13.3 Å². The molecule has 0 fully saturated rings. The first-order valence-electron chi connectivity index (χ1n) is 9.00. The summed E-state index contributed by atoms with van der Waals surface area (Å²) in [4.78, 5) is 21.0. The van der Waals surface area contributed by atoms with E-state index in [0.29, 0.717) is 18.0 Å². The lowest BCUT2D eigenvalue weighted by atomic mass is 10.2. The van der Waals surface area contributed by atoms with Gasteiger partial charge in [-0.1, -0.05) is 29.8 Å². The van der Waals surface area contributed by atoms with Gasteiger partial charge in [0.15, 0.2) is 0 Å². The maximum absolute atomic E-state index is 12.9. The zero-order valence-electron chi connectivity index (χ0n) is 16.6. The minimum absolute atomic E-state index is 0.00877. The molecule has 2 aromatic carbocycles. The topological polar surface area (TPSA) is 42.4 Å². The molecule has 0 spiro atoms. The van der Waals surface area contributed by atoms with E-state index in [1.165, 1.54) is 21.8 Å². The zero-order chi connectivity index (χ0) is 20.1. The molecule has 4 nitrogen and oxygen atoms in total. The van der Waals surface area contributed by atoms with Gasteiger partial charge in [-0.2, -0.15) is 0 Å². The number of ether oxygens (including phenoxy) is 1. The Bertz CT molecular complexity index is 934. The van der Waals surface area contributed by atoms with E-state index in [1.54, 1.807) is 16.7 Å². The number of hydrogen-bond donors (Lipinski definition) is 0. The molecule has 0 saturated carbocycles. The SMILES string of the molecule is CSc1ccc(CN(C)C(=O)c2sc(COc3ccc(C)cc3)nc2C)cc1. The lowest BCUT2D eigenvalue weighted by Gasteiger charge is -2.16. The van der Waals surface area contributed by atoms with E-state index in [4.69, 9.17) is 4.74 Å². The molecule has 1 aromatic heterocycles. The molecule has 0 bridgehead atoms. The number of carbonyl (C=O) groups excluding carboxylic acids is 1. The minimum atomic E-state index is -0.00877. The Morgan fingerprint density at radius 2 is 1.79 bits per heavy atom. The lowest BCUT2D eigenvalue weighted by molar-refractivity contribution is 0.0789. The second kappa shape index (κ2) is 9.26. The third kappa shape index (κ3) is 5.14. The standard InChI is InChI=1S/C22H24N2O2S2/c1-15-5-9-18(10-6-15)26-14-20-23-16(2)21(28-20)22(25)24(3)13-17-7-11-19(27-4)12-8-17/h5-12H,13-14H2,1-4H3. The number of nitrogens with zero attached hydrogens (tertiary/aromatic N) is 2. The van der Waals surface area contributed by atoms with Crippen LogP contribution in [0, 0.1) is 13.8 Å². The number of thioether (sulfide) groups is 1. The third-order valence-corrected chi connectivity index (χ3v) is 6.21. The summed E-state index contributed by atoms with van der Waals surface area (Å²) < 4.78 is 5.79. The van der Waals surface area contributed by atoms with E-state index in [9.17, 15) is 4.79 Å². The van der Waals surface area contributed by atoms with Crippen molar-refractivity contribution in [3.05, 3.63) is 75.2 Å². The molecule has 28 heavy (non-hydrogen) atoms. The molecule has 0 unspecified atom stereocenters. The van der Waals surface area contributed by atoms with Crippen LogP contribution in [0.25, 0.3) is 0 Å². The van der Waals surface area contributed by atoms with Gasteiger partial charge in [-0.3, -0.25) is 4.79 Å². The molecule has 1 heterocycles. The fraction of sp³-hybridized carbons (Fsp3) is 0.273. The van der Waals surface area contributed by atoms with Crippen molar-refractivity contribution in [2.45, 2.75) is 31.9 Å². The van der Waals surface area contributed by atoms with Gasteiger partial charge >= 0.3 is 0 Å². The Morgan fingerprint density at radius 1 is 1.11 bits per heavy atom. The molecule has 1 amide bonds. The quantitative estimate of drug-likeness (QED) is 0.492. The van der Waals surface area contributed by atoms with Crippen LogP contribution in [-0.4, -0.2) is 29.1 Å². The van der Waals surface area contributed by atoms with Gasteiger partial charge in [-0.15, -0.1) is 23.1 Å². The second-order valence-corrected chi connectivity index (χ2v) is 8.60. The Kier molecular flexibility index (Phi) is 6.75. The van der Waals surface area contributed by atoms with Gasteiger partial charge in [0.2, 0.25) is 0 Å². The van der Waals surface area contributed by atoms with Crippen molar-refractivity contribution in [3.63, 3.8) is 0 Å². The van der Waals surface area contributed by atoms with Crippen molar-refractivity contribution in [3.8, 4) is 5.75 Å². The van der Waals surface area contributed by atoms with Crippen LogP contribution in [0.15, 0.2) is 53.4 Å². The van der Waals surface area contributed by atoms with Crippen LogP contribution in [0.1, 0.15) is 31.5 Å². The minimum Gasteiger partial charge on any atom is -0.486 e. The maximum atomic E-state index is 12.9. The Hall–Kier alpha value is -2.31. The summed E-state index contributed by atoms with van der Waals surface area (Å²) in [6, 6.07) is 16.2. The van der Waals surface area contributed by atoms with Crippen molar-refractivity contribution in [2.24, 2.45) is 0 Å². The summed E-state index contributed by atoms with van der Waals surface area (Å²) in [5.74, 6) is 0.794. The van der Waals surface area contributed by atoms with Crippen molar-refractivity contribution in [1.29, 1.82) is 0 Å². The molecule has 0 radical (unpaired) electrons. The van der Waals surface area contributed by atoms with E-state index in [-0.39, 0.29) is 5.91 Å². The summed E-state index contributed by atoms with van der Waals surface area (Å²) in [7, 11) is 1.83. The van der Waals surface area contributed by atoms with Crippen LogP contribution >= 0.6 is 23.1 Å². The number of rotatable bonds is 7. The lowest BCUT2D eigenvalue weighted by Crippen LogP contribution is -2.26. The first-order valence-corrected chi connectivity index (χ1v) is 11.0. The van der Waals surface area contributed by atoms with Crippen molar-refractivity contribution >= 4 is 29.0 Å². The van der Waals surface area contributed by atoms with Gasteiger partial charge in [-0.25, -0.2) is 4.98 Å². The molecular weight excluding hydrogens is 388 g/mol. The summed E-state index contributed by atoms with van der Waals surface area (Å²) in [6.07, 6.45) is 2.05.